The van der Waals surface area contributed by atoms with Crippen molar-refractivity contribution in [3.8, 4) is 0 Å². The van der Waals surface area contributed by atoms with Crippen LogP contribution in [0, 0.1) is 0 Å². The van der Waals surface area contributed by atoms with Crippen molar-refractivity contribution in [3.63, 3.8) is 0 Å². The van der Waals surface area contributed by atoms with Gasteiger partial charge < -0.3 is 5.32 Å². The molecule has 0 bridgehead atoms. The van der Waals surface area contributed by atoms with Crippen molar-refractivity contribution in [2.24, 2.45) is 7.05 Å². The summed E-state index contributed by atoms with van der Waals surface area (Å²) < 4.78 is 1.97. The summed E-state index contributed by atoms with van der Waals surface area (Å²) in [5, 5.41) is 11.7. The van der Waals surface area contributed by atoms with E-state index < -0.39 is 0 Å². The lowest BCUT2D eigenvalue weighted by Gasteiger charge is -2.15. The van der Waals surface area contributed by atoms with Gasteiger partial charge in [-0.3, -0.25) is 4.68 Å². The van der Waals surface area contributed by atoms with E-state index in [1.807, 2.05) is 11.7 Å². The second-order valence-electron chi connectivity index (χ2n) is 4.92. The summed E-state index contributed by atoms with van der Waals surface area (Å²) in [6.07, 6.45) is 0.926. The minimum Gasteiger partial charge on any atom is -0.309 e. The zero-order chi connectivity index (χ0) is 13.9. The van der Waals surface area contributed by atoms with E-state index in [4.69, 9.17) is 5.10 Å². The number of benzene rings is 1. The number of thiophene rings is 1. The van der Waals surface area contributed by atoms with Gasteiger partial charge >= 0.3 is 0 Å². The molecule has 4 heteroatoms. The van der Waals surface area contributed by atoms with Crippen molar-refractivity contribution in [1.82, 2.24) is 15.1 Å². The lowest BCUT2D eigenvalue weighted by Crippen LogP contribution is -2.22. The number of likely N-dealkylation sites (N-methyl/N-ethyl adjacent to an activating group) is 1. The van der Waals surface area contributed by atoms with Gasteiger partial charge in [-0.15, -0.1) is 11.3 Å². The first-order chi connectivity index (χ1) is 9.79. The molecule has 0 spiro atoms. The lowest BCUT2D eigenvalue weighted by molar-refractivity contribution is 0.549. The van der Waals surface area contributed by atoms with Crippen LogP contribution in [0.2, 0.25) is 0 Å². The molecule has 3 nitrogen and oxygen atoms in total. The molecule has 0 aliphatic heterocycles. The van der Waals surface area contributed by atoms with Gasteiger partial charge in [-0.1, -0.05) is 31.2 Å². The van der Waals surface area contributed by atoms with Gasteiger partial charge in [0.05, 0.1) is 11.2 Å². The van der Waals surface area contributed by atoms with Crippen LogP contribution in [0.1, 0.15) is 23.5 Å². The molecule has 1 unspecified atom stereocenters. The average Bonchev–Trinajstić information content (AvgIpc) is 3.08. The number of para-hydroxylation sites is 1. The Hall–Kier alpha value is -1.65. The SMILES string of the molecule is CCNC(Cc1nn(C)c2ccccc12)c1cccs1. The number of hydrogen-bond donors (Lipinski definition) is 1. The molecule has 1 N–H and O–H groups in total. The number of aryl methyl sites for hydroxylation is 1. The lowest BCUT2D eigenvalue weighted by atomic mass is 10.1. The maximum absolute atomic E-state index is 4.70. The molecule has 2 aromatic heterocycles. The fourth-order valence-corrected chi connectivity index (χ4v) is 3.44. The Labute approximate surface area is 123 Å². The van der Waals surface area contributed by atoms with E-state index in [2.05, 4.69) is 54.0 Å². The molecule has 0 saturated heterocycles. The fraction of sp³-hybridized carbons (Fsp3) is 0.312. The predicted molar refractivity (Wildman–Crippen MR) is 85.2 cm³/mol. The van der Waals surface area contributed by atoms with E-state index >= 15 is 0 Å². The van der Waals surface area contributed by atoms with Crippen LogP contribution in [0.4, 0.5) is 0 Å². The number of nitrogens with one attached hydrogen (secondary N) is 1. The van der Waals surface area contributed by atoms with Gasteiger partial charge in [-0.05, 0) is 24.1 Å². The van der Waals surface area contributed by atoms with E-state index in [0.29, 0.717) is 6.04 Å². The average molecular weight is 285 g/mol. The summed E-state index contributed by atoms with van der Waals surface area (Å²) in [6.45, 7) is 3.12. The van der Waals surface area contributed by atoms with E-state index in [-0.39, 0.29) is 0 Å². The van der Waals surface area contributed by atoms with Gasteiger partial charge in [0.25, 0.3) is 0 Å². The number of rotatable bonds is 5. The van der Waals surface area contributed by atoms with Gasteiger partial charge in [-0.2, -0.15) is 5.10 Å². The third kappa shape index (κ3) is 2.49. The summed E-state index contributed by atoms with van der Waals surface area (Å²) in [5.41, 5.74) is 2.37. The molecule has 0 radical (unpaired) electrons. The normalized spacial score (nSPS) is 12.9. The Balaban J connectivity index is 1.94. The van der Waals surface area contributed by atoms with Crippen LogP contribution in [0.5, 0.6) is 0 Å². The van der Waals surface area contributed by atoms with Crippen LogP contribution in [-0.4, -0.2) is 16.3 Å². The molecule has 0 aliphatic carbocycles. The van der Waals surface area contributed by atoms with E-state index in [1.165, 1.54) is 21.5 Å². The highest BCUT2D eigenvalue weighted by Crippen LogP contribution is 2.26. The number of hydrogen-bond acceptors (Lipinski definition) is 3. The molecule has 0 amide bonds. The monoisotopic (exact) mass is 285 g/mol. The van der Waals surface area contributed by atoms with Crippen molar-refractivity contribution in [2.45, 2.75) is 19.4 Å². The van der Waals surface area contributed by atoms with Gasteiger partial charge in [0.1, 0.15) is 0 Å². The van der Waals surface area contributed by atoms with Crippen molar-refractivity contribution in [2.75, 3.05) is 6.54 Å². The fourth-order valence-electron chi connectivity index (χ4n) is 2.64. The van der Waals surface area contributed by atoms with Crippen LogP contribution in [0.3, 0.4) is 0 Å². The Morgan fingerprint density at radius 2 is 2.10 bits per heavy atom. The Morgan fingerprint density at radius 1 is 1.25 bits per heavy atom. The largest absolute Gasteiger partial charge is 0.309 e. The molecule has 20 heavy (non-hydrogen) atoms. The molecule has 3 rings (SSSR count). The molecule has 2 heterocycles. The molecule has 0 aliphatic rings. The predicted octanol–water partition coefficient (Wildman–Crippen LogP) is 3.53. The molecule has 0 fully saturated rings. The van der Waals surface area contributed by atoms with Crippen LogP contribution in [0.15, 0.2) is 41.8 Å². The quantitative estimate of drug-likeness (QED) is 0.777. The van der Waals surface area contributed by atoms with Crippen LogP contribution in [0.25, 0.3) is 10.9 Å². The molecular formula is C16H19N3S. The molecule has 0 saturated carbocycles. The molecule has 3 aromatic rings. The third-order valence-electron chi connectivity index (χ3n) is 3.57. The van der Waals surface area contributed by atoms with E-state index in [1.54, 1.807) is 11.3 Å². The van der Waals surface area contributed by atoms with E-state index in [9.17, 15) is 0 Å². The van der Waals surface area contributed by atoms with Crippen LogP contribution in [-0.2, 0) is 13.5 Å². The Morgan fingerprint density at radius 3 is 2.85 bits per heavy atom. The summed E-state index contributed by atoms with van der Waals surface area (Å²) >= 11 is 1.81. The van der Waals surface area contributed by atoms with Crippen molar-refractivity contribution in [3.05, 3.63) is 52.3 Å². The van der Waals surface area contributed by atoms with Gasteiger partial charge in [-0.25, -0.2) is 0 Å². The van der Waals surface area contributed by atoms with Crippen LogP contribution < -0.4 is 5.32 Å². The topological polar surface area (TPSA) is 29.9 Å². The summed E-state index contributed by atoms with van der Waals surface area (Å²) in [7, 11) is 2.01. The number of fused-ring (bicyclic) bond motifs is 1. The first-order valence-corrected chi connectivity index (χ1v) is 7.85. The minimum atomic E-state index is 0.346. The molecule has 1 atom stereocenters. The van der Waals surface area contributed by atoms with Gasteiger partial charge in [0, 0.05) is 29.8 Å². The first-order valence-electron chi connectivity index (χ1n) is 6.97. The highest BCUT2D eigenvalue weighted by molar-refractivity contribution is 7.10. The maximum atomic E-state index is 4.70. The smallest absolute Gasteiger partial charge is 0.0722 e. The van der Waals surface area contributed by atoms with Crippen molar-refractivity contribution in [1.29, 1.82) is 0 Å². The molecule has 104 valence electrons. The van der Waals surface area contributed by atoms with Crippen LogP contribution >= 0.6 is 11.3 Å². The standard InChI is InChI=1S/C16H19N3S/c1-3-17-14(16-9-6-10-20-16)11-13-12-7-4-5-8-15(12)19(2)18-13/h4-10,14,17H,3,11H2,1-2H3. The zero-order valence-electron chi connectivity index (χ0n) is 11.8. The second kappa shape index (κ2) is 5.77. The minimum absolute atomic E-state index is 0.346. The summed E-state index contributed by atoms with van der Waals surface area (Å²) in [6, 6.07) is 13.1. The zero-order valence-corrected chi connectivity index (χ0v) is 12.7. The maximum Gasteiger partial charge on any atom is 0.0722 e. The van der Waals surface area contributed by atoms with E-state index in [0.717, 1.165) is 13.0 Å². The van der Waals surface area contributed by atoms with Gasteiger partial charge in [0.2, 0.25) is 0 Å². The summed E-state index contributed by atoms with van der Waals surface area (Å²) in [4.78, 5) is 1.38. The Kier molecular flexibility index (Phi) is 3.85. The highest BCUT2D eigenvalue weighted by atomic mass is 32.1. The third-order valence-corrected chi connectivity index (χ3v) is 4.55. The van der Waals surface area contributed by atoms with Crippen molar-refractivity contribution < 1.29 is 0 Å². The second-order valence-corrected chi connectivity index (χ2v) is 5.90. The van der Waals surface area contributed by atoms with Gasteiger partial charge in [0.15, 0.2) is 0 Å². The highest BCUT2D eigenvalue weighted by Gasteiger charge is 2.16. The number of aromatic nitrogens is 2. The van der Waals surface area contributed by atoms with Crippen molar-refractivity contribution >= 4 is 22.2 Å². The Bertz CT molecular complexity index is 685. The summed E-state index contributed by atoms with van der Waals surface area (Å²) in [5.74, 6) is 0. The molecular weight excluding hydrogens is 266 g/mol. The molecule has 1 aromatic carbocycles. The number of nitrogens with zero attached hydrogens (tertiary/aromatic N) is 2. The first kappa shape index (κ1) is 13.3.